The highest BCUT2D eigenvalue weighted by Crippen LogP contribution is 2.30. The van der Waals surface area contributed by atoms with Crippen LogP contribution < -0.4 is 5.32 Å². The van der Waals surface area contributed by atoms with Crippen LogP contribution in [0.3, 0.4) is 0 Å². The maximum Gasteiger partial charge on any atom is 0.317 e. The molecule has 0 aromatic heterocycles. The largest absolute Gasteiger partial charge is 0.481 e. The molecule has 0 saturated carbocycles. The van der Waals surface area contributed by atoms with Gasteiger partial charge in [-0.3, -0.25) is 4.79 Å². The Labute approximate surface area is 144 Å². The summed E-state index contributed by atoms with van der Waals surface area (Å²) in [5, 5.41) is 12.2. The second-order valence-electron chi connectivity index (χ2n) is 7.49. The van der Waals surface area contributed by atoms with Crippen LogP contribution in [-0.4, -0.2) is 41.1 Å². The lowest BCUT2D eigenvalue weighted by atomic mass is 9.90. The Morgan fingerprint density at radius 1 is 1.25 bits per heavy atom. The number of hydrogen-bond donors (Lipinski definition) is 2. The van der Waals surface area contributed by atoms with Crippen LogP contribution >= 0.6 is 0 Å². The van der Waals surface area contributed by atoms with Crippen LogP contribution in [0.5, 0.6) is 0 Å². The minimum absolute atomic E-state index is 0.000848. The van der Waals surface area contributed by atoms with E-state index in [1.807, 2.05) is 6.92 Å². The Bertz CT molecular complexity index is 597. The minimum atomic E-state index is -0.837. The van der Waals surface area contributed by atoms with Gasteiger partial charge in [0.25, 0.3) is 0 Å². The Morgan fingerprint density at radius 3 is 2.38 bits per heavy atom. The first-order chi connectivity index (χ1) is 11.2. The molecule has 0 radical (unpaired) electrons. The fourth-order valence-electron chi connectivity index (χ4n) is 3.05. The van der Waals surface area contributed by atoms with Crippen molar-refractivity contribution in [1.29, 1.82) is 0 Å². The van der Waals surface area contributed by atoms with Crippen molar-refractivity contribution in [1.82, 2.24) is 10.2 Å². The fourth-order valence-corrected chi connectivity index (χ4v) is 3.05. The third-order valence-electron chi connectivity index (χ3n) is 4.84. The van der Waals surface area contributed by atoms with Crippen LogP contribution in [-0.2, 0) is 11.2 Å². The van der Waals surface area contributed by atoms with Crippen molar-refractivity contribution in [3.8, 4) is 0 Å². The van der Waals surface area contributed by atoms with E-state index < -0.39 is 11.4 Å². The molecule has 1 aromatic carbocycles. The van der Waals surface area contributed by atoms with Crippen LogP contribution in [0.25, 0.3) is 0 Å². The molecule has 5 nitrogen and oxygen atoms in total. The number of likely N-dealkylation sites (tertiary alicyclic amines) is 1. The van der Waals surface area contributed by atoms with Gasteiger partial charge in [0.2, 0.25) is 0 Å². The van der Waals surface area contributed by atoms with Crippen LogP contribution in [0, 0.1) is 5.41 Å². The molecule has 1 fully saturated rings. The molecular weight excluding hydrogens is 304 g/mol. The first-order valence-electron chi connectivity index (χ1n) is 8.59. The summed E-state index contributed by atoms with van der Waals surface area (Å²) in [6.45, 7) is 8.76. The summed E-state index contributed by atoms with van der Waals surface area (Å²) < 4.78 is 0. The van der Waals surface area contributed by atoms with Crippen molar-refractivity contribution in [2.45, 2.75) is 52.5 Å². The second-order valence-corrected chi connectivity index (χ2v) is 7.49. The number of benzene rings is 1. The molecule has 1 heterocycles. The highest BCUT2D eigenvalue weighted by atomic mass is 16.4. The van der Waals surface area contributed by atoms with Gasteiger partial charge in [0, 0.05) is 19.1 Å². The number of carboxylic acid groups (broad SMARTS) is 1. The zero-order chi connectivity index (χ0) is 17.9. The van der Waals surface area contributed by atoms with E-state index in [9.17, 15) is 14.7 Å². The molecule has 1 aliphatic heterocycles. The average Bonchev–Trinajstić information content (AvgIpc) is 2.92. The summed E-state index contributed by atoms with van der Waals surface area (Å²) in [7, 11) is 0. The van der Waals surface area contributed by atoms with Gasteiger partial charge in [0.1, 0.15) is 0 Å². The molecule has 0 bridgehead atoms. The number of hydrogen-bond acceptors (Lipinski definition) is 2. The van der Waals surface area contributed by atoms with E-state index in [1.54, 1.807) is 11.8 Å². The molecule has 5 heteroatoms. The molecule has 2 rings (SSSR count). The van der Waals surface area contributed by atoms with E-state index in [-0.39, 0.29) is 18.6 Å². The molecular formula is C19H28N2O3. The predicted octanol–water partition coefficient (Wildman–Crippen LogP) is 3.25. The van der Waals surface area contributed by atoms with Gasteiger partial charge >= 0.3 is 12.0 Å². The molecule has 132 valence electrons. The van der Waals surface area contributed by atoms with Crippen molar-refractivity contribution < 1.29 is 14.7 Å². The van der Waals surface area contributed by atoms with E-state index in [0.717, 1.165) is 6.42 Å². The minimum Gasteiger partial charge on any atom is -0.481 e. The van der Waals surface area contributed by atoms with E-state index in [1.165, 1.54) is 11.1 Å². The summed E-state index contributed by atoms with van der Waals surface area (Å²) in [6.07, 6.45) is 1.26. The Morgan fingerprint density at radius 2 is 1.88 bits per heavy atom. The third-order valence-corrected chi connectivity index (χ3v) is 4.84. The number of carbonyl (C=O) groups excluding carboxylic acids is 1. The highest BCUT2D eigenvalue weighted by molar-refractivity contribution is 5.79. The fraction of sp³-hybridized carbons (Fsp3) is 0.579. The van der Waals surface area contributed by atoms with Gasteiger partial charge in [-0.25, -0.2) is 4.79 Å². The van der Waals surface area contributed by atoms with Crippen LogP contribution in [0.1, 0.15) is 51.2 Å². The Hall–Kier alpha value is -2.04. The number of nitrogens with one attached hydrogen (secondary N) is 1. The molecule has 0 spiro atoms. The third kappa shape index (κ3) is 4.28. The van der Waals surface area contributed by atoms with Crippen LogP contribution in [0.15, 0.2) is 24.3 Å². The van der Waals surface area contributed by atoms with Gasteiger partial charge < -0.3 is 15.3 Å². The van der Waals surface area contributed by atoms with Crippen molar-refractivity contribution in [2.75, 3.05) is 13.1 Å². The molecule has 2 amide bonds. The van der Waals surface area contributed by atoms with Crippen molar-refractivity contribution in [2.24, 2.45) is 5.41 Å². The van der Waals surface area contributed by atoms with Crippen LogP contribution in [0.4, 0.5) is 4.79 Å². The van der Waals surface area contributed by atoms with E-state index in [0.29, 0.717) is 18.9 Å². The monoisotopic (exact) mass is 332 g/mol. The maximum atomic E-state index is 12.3. The smallest absolute Gasteiger partial charge is 0.317 e. The Balaban J connectivity index is 1.87. The lowest BCUT2D eigenvalue weighted by molar-refractivity contribution is -0.146. The van der Waals surface area contributed by atoms with Crippen molar-refractivity contribution >= 4 is 12.0 Å². The predicted molar refractivity (Wildman–Crippen MR) is 94.2 cm³/mol. The van der Waals surface area contributed by atoms with Crippen molar-refractivity contribution in [3.05, 3.63) is 35.4 Å². The summed E-state index contributed by atoms with van der Waals surface area (Å²) >= 11 is 0. The molecule has 1 saturated heterocycles. The highest BCUT2D eigenvalue weighted by Gasteiger charge is 2.42. The zero-order valence-electron chi connectivity index (χ0n) is 15.0. The standard InChI is InChI=1S/C19H28N2O3/c1-13(2)16-7-5-15(6-8-16)11-14(3)20-18(24)21-10-9-19(4,12-21)17(22)23/h5-8,13-14H,9-12H2,1-4H3,(H,20,24)(H,22,23). The summed E-state index contributed by atoms with van der Waals surface area (Å²) in [5.41, 5.74) is 1.66. The summed E-state index contributed by atoms with van der Waals surface area (Å²) in [5.74, 6) is -0.328. The van der Waals surface area contributed by atoms with Gasteiger partial charge in [-0.05, 0) is 43.7 Å². The molecule has 2 unspecified atom stereocenters. The van der Waals surface area contributed by atoms with Gasteiger partial charge in [-0.1, -0.05) is 38.1 Å². The lowest BCUT2D eigenvalue weighted by Crippen LogP contribution is -2.44. The Kier molecular flexibility index (Phi) is 5.52. The molecule has 2 atom stereocenters. The molecule has 1 aromatic rings. The molecule has 0 aliphatic carbocycles. The van der Waals surface area contributed by atoms with E-state index >= 15 is 0 Å². The van der Waals surface area contributed by atoms with Crippen LogP contribution in [0.2, 0.25) is 0 Å². The number of nitrogens with zero attached hydrogens (tertiary/aromatic N) is 1. The molecule has 24 heavy (non-hydrogen) atoms. The normalized spacial score (nSPS) is 21.8. The molecule has 2 N–H and O–H groups in total. The number of aliphatic carboxylic acids is 1. The van der Waals surface area contributed by atoms with Gasteiger partial charge in [-0.15, -0.1) is 0 Å². The second kappa shape index (κ2) is 7.24. The van der Waals surface area contributed by atoms with Gasteiger partial charge in [-0.2, -0.15) is 0 Å². The summed E-state index contributed by atoms with van der Waals surface area (Å²) in [4.78, 5) is 25.2. The molecule has 1 aliphatic rings. The topological polar surface area (TPSA) is 69.6 Å². The summed E-state index contributed by atoms with van der Waals surface area (Å²) in [6, 6.07) is 8.30. The number of carbonyl (C=O) groups is 2. The number of urea groups is 1. The first kappa shape index (κ1) is 18.3. The quantitative estimate of drug-likeness (QED) is 0.869. The maximum absolute atomic E-state index is 12.3. The van der Waals surface area contributed by atoms with E-state index in [2.05, 4.69) is 43.4 Å². The van der Waals surface area contributed by atoms with Gasteiger partial charge in [0.05, 0.1) is 5.41 Å². The van der Waals surface area contributed by atoms with Crippen molar-refractivity contribution in [3.63, 3.8) is 0 Å². The SMILES string of the molecule is CC(Cc1ccc(C(C)C)cc1)NC(=O)N1CCC(C)(C(=O)O)C1. The first-order valence-corrected chi connectivity index (χ1v) is 8.59. The number of carboxylic acids is 1. The lowest BCUT2D eigenvalue weighted by Gasteiger charge is -2.23. The average molecular weight is 332 g/mol. The number of rotatable bonds is 5. The number of amides is 2. The van der Waals surface area contributed by atoms with E-state index in [4.69, 9.17) is 0 Å². The zero-order valence-corrected chi connectivity index (χ0v) is 15.0. The van der Waals surface area contributed by atoms with Gasteiger partial charge in [0.15, 0.2) is 0 Å².